The molecule has 3 rings (SSSR count). The van der Waals surface area contributed by atoms with E-state index in [9.17, 15) is 9.59 Å². The molecule has 2 aromatic heterocycles. The molecule has 0 spiro atoms. The summed E-state index contributed by atoms with van der Waals surface area (Å²) in [5.41, 5.74) is 0.418. The maximum absolute atomic E-state index is 13.0. The lowest BCUT2D eigenvalue weighted by Gasteiger charge is -2.13. The lowest BCUT2D eigenvalue weighted by molar-refractivity contribution is 0.0563. The van der Waals surface area contributed by atoms with Crippen molar-refractivity contribution in [3.63, 3.8) is 0 Å². The minimum atomic E-state index is -0.535. The number of carbonyl (C=O) groups excluding carboxylic acids is 1. The van der Waals surface area contributed by atoms with Crippen LogP contribution in [-0.2, 0) is 21.8 Å². The summed E-state index contributed by atoms with van der Waals surface area (Å²) in [4.78, 5) is 29.2. The van der Waals surface area contributed by atoms with E-state index in [1.54, 1.807) is 34.9 Å². The zero-order chi connectivity index (χ0) is 20.8. The van der Waals surface area contributed by atoms with Crippen LogP contribution < -0.4 is 5.56 Å². The number of fused-ring (bicyclic) bond motifs is 1. The number of carbonyl (C=O) groups is 1. The Balaban J connectivity index is 1.88. The largest absolute Gasteiger partial charge is 0.463 e. The maximum atomic E-state index is 13.0. The maximum Gasteiger partial charge on any atom is 0.373 e. The number of rotatable bonds is 9. The van der Waals surface area contributed by atoms with Crippen LogP contribution in [0.2, 0.25) is 5.02 Å². The van der Waals surface area contributed by atoms with Crippen LogP contribution in [0.1, 0.15) is 29.7 Å². The van der Waals surface area contributed by atoms with Crippen molar-refractivity contribution in [2.24, 2.45) is 0 Å². The average Bonchev–Trinajstić information content (AvgIpc) is 3.19. The highest BCUT2D eigenvalue weighted by molar-refractivity contribution is 7.98. The van der Waals surface area contributed by atoms with Crippen molar-refractivity contribution in [3.8, 4) is 0 Å². The molecule has 9 heteroatoms. The quantitative estimate of drug-likeness (QED) is 0.215. The monoisotopic (exact) mass is 436 g/mol. The van der Waals surface area contributed by atoms with Gasteiger partial charge in [-0.2, -0.15) is 0 Å². The van der Waals surface area contributed by atoms with Gasteiger partial charge in [-0.15, -0.1) is 0 Å². The van der Waals surface area contributed by atoms with Gasteiger partial charge in [0.05, 0.1) is 23.8 Å². The number of halogens is 1. The molecule has 0 bridgehead atoms. The summed E-state index contributed by atoms with van der Waals surface area (Å²) in [7, 11) is 1.30. The van der Waals surface area contributed by atoms with Crippen LogP contribution in [0.25, 0.3) is 10.9 Å². The van der Waals surface area contributed by atoms with Gasteiger partial charge in [0.2, 0.25) is 5.76 Å². The van der Waals surface area contributed by atoms with Gasteiger partial charge in [-0.3, -0.25) is 9.36 Å². The first kappa shape index (κ1) is 21.4. The van der Waals surface area contributed by atoms with Crippen molar-refractivity contribution in [1.82, 2.24) is 9.55 Å². The van der Waals surface area contributed by atoms with Gasteiger partial charge < -0.3 is 13.9 Å². The zero-order valence-corrected chi connectivity index (χ0v) is 17.7. The van der Waals surface area contributed by atoms with Crippen molar-refractivity contribution < 1.29 is 18.7 Å². The predicted molar refractivity (Wildman–Crippen MR) is 112 cm³/mol. The second-order valence-corrected chi connectivity index (χ2v) is 7.49. The number of methoxy groups -OCH3 is 1. The summed E-state index contributed by atoms with van der Waals surface area (Å²) in [5.74, 6) is 0.584. The highest BCUT2D eigenvalue weighted by Crippen LogP contribution is 2.25. The van der Waals surface area contributed by atoms with E-state index >= 15 is 0 Å². The Morgan fingerprint density at radius 1 is 1.31 bits per heavy atom. The smallest absolute Gasteiger partial charge is 0.373 e. The number of hydrogen-bond donors (Lipinski definition) is 0. The van der Waals surface area contributed by atoms with Crippen molar-refractivity contribution in [2.75, 3.05) is 20.3 Å². The topological polar surface area (TPSA) is 83.6 Å². The van der Waals surface area contributed by atoms with Crippen molar-refractivity contribution in [3.05, 3.63) is 57.2 Å². The van der Waals surface area contributed by atoms with E-state index < -0.39 is 5.97 Å². The summed E-state index contributed by atoms with van der Waals surface area (Å²) in [6.45, 7) is 3.61. The minimum absolute atomic E-state index is 0.125. The Kier molecular flexibility index (Phi) is 7.35. The molecule has 0 N–H and O–H groups in total. The van der Waals surface area contributed by atoms with E-state index in [-0.39, 0.29) is 11.3 Å². The first-order valence-electron chi connectivity index (χ1n) is 9.11. The molecule has 3 aromatic rings. The normalized spacial score (nSPS) is 11.1. The van der Waals surface area contributed by atoms with E-state index in [2.05, 4.69) is 9.72 Å². The second kappa shape index (κ2) is 9.96. The van der Waals surface area contributed by atoms with Crippen LogP contribution in [0.4, 0.5) is 0 Å². The molecule has 0 fully saturated rings. The molecule has 0 atom stereocenters. The molecule has 1 aromatic carbocycles. The summed E-state index contributed by atoms with van der Waals surface area (Å²) < 4.78 is 17.2. The Morgan fingerprint density at radius 2 is 2.14 bits per heavy atom. The van der Waals surface area contributed by atoms with Gasteiger partial charge in [0.15, 0.2) is 5.16 Å². The molecule has 0 saturated carbocycles. The Bertz CT molecular complexity index is 1060. The number of esters is 1. The lowest BCUT2D eigenvalue weighted by atomic mass is 10.2. The van der Waals surface area contributed by atoms with Gasteiger partial charge in [0, 0.05) is 24.8 Å². The molecule has 0 amide bonds. The second-order valence-electron chi connectivity index (χ2n) is 6.11. The van der Waals surface area contributed by atoms with Crippen LogP contribution in [0.3, 0.4) is 0 Å². The fourth-order valence-electron chi connectivity index (χ4n) is 2.75. The van der Waals surface area contributed by atoms with Gasteiger partial charge in [-0.1, -0.05) is 23.4 Å². The number of thioether (sulfide) groups is 1. The summed E-state index contributed by atoms with van der Waals surface area (Å²) in [5, 5.41) is 1.58. The molecule has 0 radical (unpaired) electrons. The van der Waals surface area contributed by atoms with Crippen LogP contribution in [0, 0.1) is 0 Å². The van der Waals surface area contributed by atoms with Crippen LogP contribution in [-0.4, -0.2) is 35.8 Å². The number of nitrogens with zero attached hydrogens (tertiary/aromatic N) is 2. The average molecular weight is 437 g/mol. The number of ether oxygens (including phenoxy) is 2. The molecule has 154 valence electrons. The molecule has 0 unspecified atom stereocenters. The lowest BCUT2D eigenvalue weighted by Crippen LogP contribution is -2.24. The van der Waals surface area contributed by atoms with Crippen molar-refractivity contribution in [1.29, 1.82) is 0 Å². The number of hydrogen-bond acceptors (Lipinski definition) is 7. The van der Waals surface area contributed by atoms with Crippen LogP contribution >= 0.6 is 23.4 Å². The third kappa shape index (κ3) is 5.20. The molecule has 0 aliphatic carbocycles. The van der Waals surface area contributed by atoms with Gasteiger partial charge in [-0.05, 0) is 43.7 Å². The highest BCUT2D eigenvalue weighted by atomic mass is 35.5. The van der Waals surface area contributed by atoms with Gasteiger partial charge in [0.1, 0.15) is 5.76 Å². The van der Waals surface area contributed by atoms with Gasteiger partial charge in [-0.25, -0.2) is 9.78 Å². The van der Waals surface area contributed by atoms with E-state index in [1.165, 1.54) is 18.9 Å². The number of aromatic nitrogens is 2. The minimum Gasteiger partial charge on any atom is -0.463 e. The number of furan rings is 1. The SMILES string of the molecule is CCOCCCn1c(SCc2ccc(C(=O)OC)o2)nc2cc(Cl)ccc2c1=O. The Hall–Kier alpha value is -2.29. The molecule has 0 saturated heterocycles. The third-order valence-electron chi connectivity index (χ3n) is 4.15. The van der Waals surface area contributed by atoms with Crippen molar-refractivity contribution in [2.45, 2.75) is 30.8 Å². The number of benzene rings is 1. The van der Waals surface area contributed by atoms with Gasteiger partial charge >= 0.3 is 5.97 Å². The van der Waals surface area contributed by atoms with E-state index in [0.29, 0.717) is 58.8 Å². The van der Waals surface area contributed by atoms with E-state index in [1.807, 2.05) is 6.92 Å². The highest BCUT2D eigenvalue weighted by Gasteiger charge is 2.15. The fraction of sp³-hybridized carbons (Fsp3) is 0.350. The molecular weight excluding hydrogens is 416 g/mol. The molecule has 29 heavy (non-hydrogen) atoms. The van der Waals surface area contributed by atoms with Crippen LogP contribution in [0.5, 0.6) is 0 Å². The molecule has 2 heterocycles. The summed E-state index contributed by atoms with van der Waals surface area (Å²) in [6, 6.07) is 8.31. The van der Waals surface area contributed by atoms with Crippen LogP contribution in [0.15, 0.2) is 44.7 Å². The molecule has 0 aliphatic heterocycles. The van der Waals surface area contributed by atoms with Gasteiger partial charge in [0.25, 0.3) is 5.56 Å². The molecule has 7 nitrogen and oxygen atoms in total. The Morgan fingerprint density at radius 3 is 2.90 bits per heavy atom. The first-order chi connectivity index (χ1) is 14.0. The summed E-state index contributed by atoms with van der Waals surface area (Å²) in [6.07, 6.45) is 0.690. The standard InChI is InChI=1S/C20H21ClN2O5S/c1-3-27-10-4-9-23-18(24)15-7-5-13(21)11-16(15)22-20(23)29-12-14-6-8-17(28-14)19(25)26-2/h5-8,11H,3-4,9-10,12H2,1-2H3. The van der Waals surface area contributed by atoms with Crippen molar-refractivity contribution >= 4 is 40.2 Å². The molecule has 0 aliphatic rings. The Labute approximate surface area is 177 Å². The van der Waals surface area contributed by atoms with E-state index in [0.717, 1.165) is 0 Å². The fourth-order valence-corrected chi connectivity index (χ4v) is 3.84. The third-order valence-corrected chi connectivity index (χ3v) is 5.38. The first-order valence-corrected chi connectivity index (χ1v) is 10.5. The van der Waals surface area contributed by atoms with E-state index in [4.69, 9.17) is 20.8 Å². The predicted octanol–water partition coefficient (Wildman–Crippen LogP) is 4.15. The zero-order valence-electron chi connectivity index (χ0n) is 16.1. The molecular formula is C20H21ClN2O5S. The summed E-state index contributed by atoms with van der Waals surface area (Å²) >= 11 is 7.42.